The van der Waals surface area contributed by atoms with E-state index < -0.39 is 36.0 Å². The number of nitrogens with zero attached hydrogens (tertiary/aromatic N) is 2. The number of rotatable bonds is 39. The summed E-state index contributed by atoms with van der Waals surface area (Å²) in [4.78, 5) is 86.3. The predicted octanol–water partition coefficient (Wildman–Crippen LogP) is 14.7. The van der Waals surface area contributed by atoms with Crippen molar-refractivity contribution in [2.24, 2.45) is 5.92 Å². The Kier molecular flexibility index (Phi) is 28.6. The molecule has 1 aliphatic carbocycles. The monoisotopic (exact) mass is 1280 g/mol. The Balaban J connectivity index is 0.855. The highest BCUT2D eigenvalue weighted by atomic mass is 16.6. The Bertz CT molecular complexity index is 3600. The maximum absolute atomic E-state index is 13.7. The first kappa shape index (κ1) is 70.2. The van der Waals surface area contributed by atoms with Crippen molar-refractivity contribution in [3.8, 4) is 57.0 Å². The van der Waals surface area contributed by atoms with Crippen LogP contribution in [-0.4, -0.2) is 111 Å². The van der Waals surface area contributed by atoms with Crippen molar-refractivity contribution in [3.63, 3.8) is 0 Å². The van der Waals surface area contributed by atoms with E-state index in [1.165, 1.54) is 30.3 Å². The summed E-state index contributed by atoms with van der Waals surface area (Å²) in [6.45, 7) is 12.9. The minimum Gasteiger partial charge on any atom is -0.494 e. The van der Waals surface area contributed by atoms with E-state index in [9.17, 15) is 28.8 Å². The molecule has 1 aliphatic rings. The van der Waals surface area contributed by atoms with Gasteiger partial charge >= 0.3 is 35.8 Å². The summed E-state index contributed by atoms with van der Waals surface area (Å²) in [5.41, 5.74) is 4.01. The molecule has 19 nitrogen and oxygen atoms in total. The summed E-state index contributed by atoms with van der Waals surface area (Å²) in [5, 5.41) is 0. The summed E-state index contributed by atoms with van der Waals surface area (Å²) in [6.07, 6.45) is 14.2. The van der Waals surface area contributed by atoms with Gasteiger partial charge in [-0.3, -0.25) is 4.79 Å². The summed E-state index contributed by atoms with van der Waals surface area (Å²) >= 11 is 0. The molecular weight excluding hydrogens is 1200 g/mol. The molecule has 494 valence electrons. The van der Waals surface area contributed by atoms with Crippen LogP contribution in [0.5, 0.6) is 34.5 Å². The van der Waals surface area contributed by atoms with Crippen molar-refractivity contribution in [2.75, 3.05) is 59.5 Å². The normalized spacial score (nSPS) is 13.4. The third kappa shape index (κ3) is 23.1. The Hall–Kier alpha value is -9.72. The number of fused-ring (bicyclic) bond motifs is 1. The number of carbonyl (C=O) groups is 6. The molecule has 8 rings (SSSR count). The van der Waals surface area contributed by atoms with Gasteiger partial charge in [0, 0.05) is 36.0 Å². The molecule has 0 radical (unpaired) electrons. The van der Waals surface area contributed by atoms with Crippen LogP contribution in [0.2, 0.25) is 0 Å². The van der Waals surface area contributed by atoms with Crippen LogP contribution in [-0.2, 0) is 38.1 Å². The topological polar surface area (TPSA) is 230 Å². The van der Waals surface area contributed by atoms with E-state index in [0.29, 0.717) is 147 Å². The highest BCUT2D eigenvalue weighted by Crippen LogP contribution is 2.36. The molecule has 7 aromatic rings. The number of hydrogen-bond donors (Lipinski definition) is 0. The van der Waals surface area contributed by atoms with Gasteiger partial charge in [0.05, 0.1) is 91.3 Å². The molecule has 0 spiro atoms. The van der Waals surface area contributed by atoms with Crippen LogP contribution in [0.15, 0.2) is 165 Å². The maximum Gasteiger partial charge on any atom is 0.343 e. The fraction of sp³-hybridized carbons (Fsp3) is 0.360. The Morgan fingerprint density at radius 3 is 1.43 bits per heavy atom. The van der Waals surface area contributed by atoms with Gasteiger partial charge < -0.3 is 52.1 Å². The van der Waals surface area contributed by atoms with Gasteiger partial charge in [-0.1, -0.05) is 69.5 Å². The fourth-order valence-electron chi connectivity index (χ4n) is 10.2. The van der Waals surface area contributed by atoms with Gasteiger partial charge in [-0.05, 0) is 180 Å². The molecule has 0 aliphatic heterocycles. The minimum atomic E-state index is -0.656. The van der Waals surface area contributed by atoms with Crippen molar-refractivity contribution >= 4 is 46.8 Å². The van der Waals surface area contributed by atoms with E-state index in [1.54, 1.807) is 84.9 Å². The fourth-order valence-corrected chi connectivity index (χ4v) is 10.2. The lowest BCUT2D eigenvalue weighted by Gasteiger charge is -2.27. The van der Waals surface area contributed by atoms with Crippen molar-refractivity contribution in [2.45, 2.75) is 109 Å². The van der Waals surface area contributed by atoms with Crippen LogP contribution in [0, 0.1) is 5.92 Å². The molecule has 0 amide bonds. The number of unbranched alkanes of at least 4 members (excludes halogenated alkanes) is 9. The number of hydrogen-bond acceptors (Lipinski definition) is 19. The summed E-state index contributed by atoms with van der Waals surface area (Å²) in [5.74, 6) is -0.477. The molecule has 0 saturated heterocycles. The van der Waals surface area contributed by atoms with Crippen LogP contribution < -0.4 is 28.4 Å². The molecule has 0 atom stereocenters. The van der Waals surface area contributed by atoms with E-state index in [1.807, 2.05) is 37.3 Å². The number of carbonyl (C=O) groups excluding carboxylic acids is 6. The van der Waals surface area contributed by atoms with Gasteiger partial charge in [0.2, 0.25) is 0 Å². The summed E-state index contributed by atoms with van der Waals surface area (Å²) in [6, 6.07) is 39.2. The number of benzene rings is 6. The lowest BCUT2D eigenvalue weighted by Crippen LogP contribution is -2.30. The zero-order valence-corrected chi connectivity index (χ0v) is 53.3. The molecule has 6 aromatic carbocycles. The lowest BCUT2D eigenvalue weighted by atomic mass is 9.87. The van der Waals surface area contributed by atoms with Crippen LogP contribution >= 0.6 is 0 Å². The van der Waals surface area contributed by atoms with Gasteiger partial charge in [0.15, 0.2) is 0 Å². The summed E-state index contributed by atoms with van der Waals surface area (Å²) in [7, 11) is 0. The van der Waals surface area contributed by atoms with Gasteiger partial charge in [0.1, 0.15) is 47.2 Å². The maximum atomic E-state index is 13.7. The third-order valence-corrected chi connectivity index (χ3v) is 15.3. The second-order valence-electron chi connectivity index (χ2n) is 22.3. The van der Waals surface area contributed by atoms with E-state index >= 15 is 0 Å². The smallest absolute Gasteiger partial charge is 0.343 e. The molecule has 1 heterocycles. The zero-order valence-electron chi connectivity index (χ0n) is 53.3. The van der Waals surface area contributed by atoms with Gasteiger partial charge in [-0.25, -0.2) is 33.9 Å². The van der Waals surface area contributed by atoms with Crippen molar-refractivity contribution in [1.29, 1.82) is 0 Å². The van der Waals surface area contributed by atoms with Crippen molar-refractivity contribution in [3.05, 3.63) is 182 Å². The quantitative estimate of drug-likeness (QED) is 0.0115. The number of esters is 6. The Labute approximate surface area is 548 Å². The zero-order chi connectivity index (χ0) is 66.1. The first-order valence-corrected chi connectivity index (χ1v) is 32.3. The van der Waals surface area contributed by atoms with Crippen LogP contribution in [0.1, 0.15) is 134 Å². The molecule has 0 bridgehead atoms. The number of ether oxygens (including phenoxy) is 11. The standard InChI is InChI=1S/C75H82N2O17/c1-4-68(78)89-44-16-11-9-7-8-10-14-43-87-63-22-18-20-57(50-63)71-70(76-66-41-40-65(52-67(66)77-71)94-75(83)55-28-32-59(33-29-55)88-49-48-85-47-46-84-6-3)58-21-19-23-64(51-58)93-74(82)54-26-24-53(25-27-54)72(80)91-61-34-30-56(31-35-61)73(81)92-62-38-36-60(37-39-62)86-42-15-12-13-17-45-90-69(79)5-2/h4-5,18-29,32-33,36-41,50-52,56,61H,1-2,6-17,30-31,34-35,42-49H2,3H3. The second kappa shape index (κ2) is 38.3. The van der Waals surface area contributed by atoms with Crippen LogP contribution in [0.4, 0.5) is 0 Å². The molecule has 1 saturated carbocycles. The third-order valence-electron chi connectivity index (χ3n) is 15.3. The lowest BCUT2D eigenvalue weighted by molar-refractivity contribution is -0.141. The Morgan fingerprint density at radius 2 is 0.851 bits per heavy atom. The van der Waals surface area contributed by atoms with Gasteiger partial charge in [-0.2, -0.15) is 0 Å². The molecule has 0 N–H and O–H groups in total. The van der Waals surface area contributed by atoms with Gasteiger partial charge in [0.25, 0.3) is 0 Å². The Morgan fingerprint density at radius 1 is 0.415 bits per heavy atom. The predicted molar refractivity (Wildman–Crippen MR) is 353 cm³/mol. The van der Waals surface area contributed by atoms with E-state index in [0.717, 1.165) is 76.7 Å². The van der Waals surface area contributed by atoms with Gasteiger partial charge in [-0.15, -0.1) is 0 Å². The largest absolute Gasteiger partial charge is 0.494 e. The molecule has 1 aromatic heterocycles. The molecule has 1 fully saturated rings. The average molecular weight is 1280 g/mol. The highest BCUT2D eigenvalue weighted by Gasteiger charge is 2.30. The highest BCUT2D eigenvalue weighted by molar-refractivity contribution is 5.95. The van der Waals surface area contributed by atoms with E-state index in [-0.39, 0.29) is 34.5 Å². The van der Waals surface area contributed by atoms with Crippen LogP contribution in [0.25, 0.3) is 33.5 Å². The first-order valence-electron chi connectivity index (χ1n) is 32.3. The molecule has 0 unspecified atom stereocenters. The van der Waals surface area contributed by atoms with E-state index in [4.69, 9.17) is 62.1 Å². The SMILES string of the molecule is C=CC(=O)OCCCCCCCCCOc1cccc(-c2nc3cc(OC(=O)c4ccc(OCCOCCOCC)cc4)ccc3nc2-c2cccc(OC(=O)c3ccc(C(=O)OC4CCC(C(=O)Oc5ccc(OCCCCCCOC(=O)C=C)cc5)CC4)cc3)c2)c1. The van der Waals surface area contributed by atoms with E-state index in [2.05, 4.69) is 13.2 Å². The first-order chi connectivity index (χ1) is 45.9. The summed E-state index contributed by atoms with van der Waals surface area (Å²) < 4.78 is 62.1. The van der Waals surface area contributed by atoms with Crippen molar-refractivity contribution in [1.82, 2.24) is 9.97 Å². The number of aromatic nitrogens is 2. The molecule has 19 heteroatoms. The molecule has 94 heavy (non-hydrogen) atoms. The molecular formula is C75H82N2O17. The average Bonchev–Trinajstić information content (AvgIpc) is 0.781. The minimum absolute atomic E-state index is 0.203. The second-order valence-corrected chi connectivity index (χ2v) is 22.3. The van der Waals surface area contributed by atoms with Crippen molar-refractivity contribution < 1.29 is 80.9 Å². The van der Waals surface area contributed by atoms with Crippen LogP contribution in [0.3, 0.4) is 0 Å².